The van der Waals surface area contributed by atoms with Gasteiger partial charge in [0, 0.05) is 11.6 Å². The van der Waals surface area contributed by atoms with E-state index in [1.54, 1.807) is 6.07 Å². The van der Waals surface area contributed by atoms with Crippen LogP contribution in [-0.4, -0.2) is 11.1 Å². The van der Waals surface area contributed by atoms with Crippen molar-refractivity contribution in [3.8, 4) is 6.07 Å². The molecule has 0 unspecified atom stereocenters. The monoisotopic (exact) mass is 241 g/mol. The summed E-state index contributed by atoms with van der Waals surface area (Å²) in [6.07, 6.45) is -3.31. The highest BCUT2D eigenvalue weighted by atomic mass is 19.4. The molecule has 6 heteroatoms. The molecule has 0 spiro atoms. The van der Waals surface area contributed by atoms with E-state index in [1.165, 1.54) is 6.07 Å². The Morgan fingerprint density at radius 1 is 1.41 bits per heavy atom. The lowest BCUT2D eigenvalue weighted by Gasteiger charge is -2.10. The zero-order valence-corrected chi connectivity index (χ0v) is 8.32. The van der Waals surface area contributed by atoms with Gasteiger partial charge in [-0.3, -0.25) is 0 Å². The molecule has 88 valence electrons. The maximum Gasteiger partial charge on any atom is 0.417 e. The zero-order chi connectivity index (χ0) is 13.1. The molecule has 1 aromatic rings. The van der Waals surface area contributed by atoms with Crippen molar-refractivity contribution in [3.63, 3.8) is 0 Å². The van der Waals surface area contributed by atoms with Crippen molar-refractivity contribution < 1.29 is 23.1 Å². The van der Waals surface area contributed by atoms with Crippen LogP contribution in [0.25, 0.3) is 6.08 Å². The van der Waals surface area contributed by atoms with Crippen LogP contribution in [0.3, 0.4) is 0 Å². The molecular weight excluding hydrogens is 235 g/mol. The number of alkyl halides is 3. The van der Waals surface area contributed by atoms with Gasteiger partial charge in [-0.05, 0) is 18.2 Å². The summed E-state index contributed by atoms with van der Waals surface area (Å²) in [6, 6.07) is 4.67. The molecule has 1 aromatic carbocycles. The number of carboxylic acids is 1. The second-order valence-electron chi connectivity index (χ2n) is 3.05. The summed E-state index contributed by atoms with van der Waals surface area (Å²) in [6.45, 7) is 0. The average Bonchev–Trinajstić information content (AvgIpc) is 2.24. The Balaban J connectivity index is 3.42. The molecule has 0 saturated heterocycles. The van der Waals surface area contributed by atoms with Crippen LogP contribution in [0.4, 0.5) is 13.2 Å². The highest BCUT2D eigenvalue weighted by molar-refractivity contribution is 5.86. The number of carbonyl (C=O) groups is 1. The summed E-state index contributed by atoms with van der Waals surface area (Å²) < 4.78 is 37.8. The van der Waals surface area contributed by atoms with E-state index < -0.39 is 23.3 Å². The molecule has 17 heavy (non-hydrogen) atoms. The van der Waals surface area contributed by atoms with Gasteiger partial charge in [-0.15, -0.1) is 0 Å². The fourth-order valence-corrected chi connectivity index (χ4v) is 1.24. The lowest BCUT2D eigenvalue weighted by molar-refractivity contribution is -0.138. The Labute approximate surface area is 94.4 Å². The highest BCUT2D eigenvalue weighted by Gasteiger charge is 2.33. The number of nitrogens with zero attached hydrogens (tertiary/aromatic N) is 1. The van der Waals surface area contributed by atoms with Crippen LogP contribution < -0.4 is 0 Å². The summed E-state index contributed by atoms with van der Waals surface area (Å²) in [5.41, 5.74) is -1.70. The molecule has 0 heterocycles. The first kappa shape index (κ1) is 12.8. The zero-order valence-electron chi connectivity index (χ0n) is 8.32. The minimum atomic E-state index is -4.63. The van der Waals surface area contributed by atoms with Crippen LogP contribution in [0.5, 0.6) is 0 Å². The smallest absolute Gasteiger partial charge is 0.417 e. The molecule has 0 saturated carbocycles. The normalized spacial score (nSPS) is 11.4. The highest BCUT2D eigenvalue weighted by Crippen LogP contribution is 2.33. The molecule has 0 aliphatic carbocycles. The summed E-state index contributed by atoms with van der Waals surface area (Å²) in [5.74, 6) is -1.38. The van der Waals surface area contributed by atoms with Gasteiger partial charge in [-0.2, -0.15) is 18.4 Å². The van der Waals surface area contributed by atoms with Gasteiger partial charge in [0.25, 0.3) is 0 Å². The van der Waals surface area contributed by atoms with E-state index in [0.717, 1.165) is 18.2 Å². The molecular formula is C11H6F3NO2. The summed E-state index contributed by atoms with van der Waals surface area (Å²) in [5, 5.41) is 17.1. The van der Waals surface area contributed by atoms with Crippen molar-refractivity contribution in [1.29, 1.82) is 5.26 Å². The maximum absolute atomic E-state index is 12.6. The Morgan fingerprint density at radius 2 is 2.06 bits per heavy atom. The second kappa shape index (κ2) is 4.70. The van der Waals surface area contributed by atoms with Gasteiger partial charge >= 0.3 is 12.1 Å². The average molecular weight is 241 g/mol. The molecule has 1 N–H and O–H groups in total. The van der Waals surface area contributed by atoms with E-state index in [9.17, 15) is 18.0 Å². The maximum atomic E-state index is 12.6. The van der Waals surface area contributed by atoms with Gasteiger partial charge < -0.3 is 5.11 Å². The Hall–Kier alpha value is -2.29. The van der Waals surface area contributed by atoms with E-state index >= 15 is 0 Å². The largest absolute Gasteiger partial charge is 0.478 e. The van der Waals surface area contributed by atoms with E-state index in [1.807, 2.05) is 0 Å². The number of carboxylic acid groups (broad SMARTS) is 1. The molecule has 0 aliphatic rings. The molecule has 0 radical (unpaired) electrons. The topological polar surface area (TPSA) is 61.1 Å². The van der Waals surface area contributed by atoms with Crippen molar-refractivity contribution in [3.05, 3.63) is 41.0 Å². The standard InChI is InChI=1S/C11H6F3NO2/c12-11(13,14)9-3-1-2-7(6-15)8(9)4-5-10(16)17/h1-5H,(H,16,17)/b5-4+. The Kier molecular flexibility index (Phi) is 3.53. The summed E-state index contributed by atoms with van der Waals surface area (Å²) in [7, 11) is 0. The number of halogens is 3. The van der Waals surface area contributed by atoms with Crippen LogP contribution >= 0.6 is 0 Å². The minimum Gasteiger partial charge on any atom is -0.478 e. The number of nitriles is 1. The van der Waals surface area contributed by atoms with Crippen LogP contribution in [0.15, 0.2) is 24.3 Å². The summed E-state index contributed by atoms with van der Waals surface area (Å²) >= 11 is 0. The van der Waals surface area contributed by atoms with E-state index in [4.69, 9.17) is 10.4 Å². The lowest BCUT2D eigenvalue weighted by atomic mass is 10.0. The van der Waals surface area contributed by atoms with Crippen LogP contribution in [-0.2, 0) is 11.0 Å². The molecule has 3 nitrogen and oxygen atoms in total. The van der Waals surface area contributed by atoms with Gasteiger partial charge in [0.15, 0.2) is 0 Å². The van der Waals surface area contributed by atoms with E-state index in [0.29, 0.717) is 6.08 Å². The Morgan fingerprint density at radius 3 is 2.53 bits per heavy atom. The fraction of sp³-hybridized carbons (Fsp3) is 0.0909. The molecule has 1 rings (SSSR count). The molecule has 0 bridgehead atoms. The van der Waals surface area contributed by atoms with Crippen LogP contribution in [0, 0.1) is 11.3 Å². The van der Waals surface area contributed by atoms with Gasteiger partial charge in [0.1, 0.15) is 0 Å². The van der Waals surface area contributed by atoms with Gasteiger partial charge in [-0.1, -0.05) is 6.07 Å². The molecule has 0 aromatic heterocycles. The van der Waals surface area contributed by atoms with Gasteiger partial charge in [0.2, 0.25) is 0 Å². The first-order chi connectivity index (χ1) is 7.86. The van der Waals surface area contributed by atoms with Crippen molar-refractivity contribution in [2.45, 2.75) is 6.18 Å². The fourth-order valence-electron chi connectivity index (χ4n) is 1.24. The number of aliphatic carboxylic acids is 1. The second-order valence-corrected chi connectivity index (χ2v) is 3.05. The first-order valence-corrected chi connectivity index (χ1v) is 4.37. The predicted octanol–water partition coefficient (Wildman–Crippen LogP) is 2.67. The third kappa shape index (κ3) is 3.08. The molecule has 0 aliphatic heterocycles. The van der Waals surface area contributed by atoms with E-state index in [-0.39, 0.29) is 5.56 Å². The first-order valence-electron chi connectivity index (χ1n) is 4.37. The van der Waals surface area contributed by atoms with Crippen molar-refractivity contribution >= 4 is 12.0 Å². The SMILES string of the molecule is N#Cc1cccc(C(F)(F)F)c1/C=C/C(=O)O. The third-order valence-corrected chi connectivity index (χ3v) is 1.92. The quantitative estimate of drug-likeness (QED) is 0.809. The molecule has 0 amide bonds. The molecule has 0 fully saturated rings. The number of hydrogen-bond acceptors (Lipinski definition) is 2. The summed E-state index contributed by atoms with van der Waals surface area (Å²) in [4.78, 5) is 10.3. The van der Waals surface area contributed by atoms with Crippen LogP contribution in [0.2, 0.25) is 0 Å². The minimum absolute atomic E-state index is 0.225. The van der Waals surface area contributed by atoms with Crippen molar-refractivity contribution in [2.75, 3.05) is 0 Å². The van der Waals surface area contributed by atoms with Crippen molar-refractivity contribution in [2.24, 2.45) is 0 Å². The third-order valence-electron chi connectivity index (χ3n) is 1.92. The van der Waals surface area contributed by atoms with Gasteiger partial charge in [0.05, 0.1) is 17.2 Å². The van der Waals surface area contributed by atoms with E-state index in [2.05, 4.69) is 0 Å². The Bertz CT molecular complexity index is 512. The number of hydrogen-bond donors (Lipinski definition) is 1. The van der Waals surface area contributed by atoms with Gasteiger partial charge in [-0.25, -0.2) is 4.79 Å². The lowest BCUT2D eigenvalue weighted by Crippen LogP contribution is -2.08. The number of benzene rings is 1. The van der Waals surface area contributed by atoms with Crippen LogP contribution in [0.1, 0.15) is 16.7 Å². The number of rotatable bonds is 2. The predicted molar refractivity (Wildman–Crippen MR) is 52.8 cm³/mol. The van der Waals surface area contributed by atoms with Crippen molar-refractivity contribution in [1.82, 2.24) is 0 Å². The molecule has 0 atom stereocenters.